The van der Waals surface area contributed by atoms with Gasteiger partial charge in [-0.15, -0.1) is 0 Å². The zero-order valence-electron chi connectivity index (χ0n) is 13.5. The molecule has 0 saturated carbocycles. The number of carbonyl (C=O) groups excluding carboxylic acids is 2. The van der Waals surface area contributed by atoms with Crippen molar-refractivity contribution in [2.24, 2.45) is 0 Å². The highest BCUT2D eigenvalue weighted by Gasteiger charge is 2.49. The topological polar surface area (TPSA) is 84.7 Å². The van der Waals surface area contributed by atoms with Crippen LogP contribution in [0.15, 0.2) is 34.9 Å². The van der Waals surface area contributed by atoms with Gasteiger partial charge in [0.25, 0.3) is 5.91 Å². The van der Waals surface area contributed by atoms with Crippen molar-refractivity contribution < 1.29 is 27.6 Å². The smallest absolute Gasteiger partial charge is 0.387 e. The van der Waals surface area contributed by atoms with E-state index in [2.05, 4.69) is 15.2 Å². The Kier molecular flexibility index (Phi) is 4.15. The van der Waals surface area contributed by atoms with Gasteiger partial charge in [0.1, 0.15) is 22.7 Å². The summed E-state index contributed by atoms with van der Waals surface area (Å²) in [6.45, 7) is 0.292. The fourth-order valence-electron chi connectivity index (χ4n) is 2.66. The molecule has 0 bridgehead atoms. The Morgan fingerprint density at radius 1 is 1.32 bits per heavy atom. The molecule has 1 aromatic carbocycles. The van der Waals surface area contributed by atoms with Gasteiger partial charge in [0.2, 0.25) is 0 Å². The van der Waals surface area contributed by atoms with Crippen LogP contribution in [0.1, 0.15) is 23.9 Å². The van der Waals surface area contributed by atoms with Crippen LogP contribution < -0.4 is 10.1 Å². The second-order valence-corrected chi connectivity index (χ2v) is 5.78. The monoisotopic (exact) mass is 351 g/mol. The molecule has 1 N–H and O–H groups in total. The van der Waals surface area contributed by atoms with E-state index in [9.17, 15) is 18.4 Å². The Hall–Kier alpha value is -2.97. The van der Waals surface area contributed by atoms with E-state index in [0.29, 0.717) is 17.0 Å². The Morgan fingerprint density at radius 2 is 2.00 bits per heavy atom. The van der Waals surface area contributed by atoms with Crippen molar-refractivity contribution in [2.45, 2.75) is 32.5 Å². The number of benzene rings is 1. The van der Waals surface area contributed by atoms with Crippen LogP contribution in [0.25, 0.3) is 0 Å². The fraction of sp³-hybridized carbons (Fsp3) is 0.312. The molecule has 1 unspecified atom stereocenters. The lowest BCUT2D eigenvalue weighted by atomic mass is 9.92. The maximum Gasteiger partial charge on any atom is 0.387 e. The highest BCUT2D eigenvalue weighted by molar-refractivity contribution is 6.07. The molecule has 0 radical (unpaired) electrons. The summed E-state index contributed by atoms with van der Waals surface area (Å²) in [6.07, 6.45) is 0. The van der Waals surface area contributed by atoms with Crippen LogP contribution in [0, 0.1) is 6.92 Å². The lowest BCUT2D eigenvalue weighted by Crippen LogP contribution is -2.40. The van der Waals surface area contributed by atoms with Crippen LogP contribution in [0.5, 0.6) is 5.75 Å². The van der Waals surface area contributed by atoms with Crippen LogP contribution in [0.3, 0.4) is 0 Å². The van der Waals surface area contributed by atoms with Gasteiger partial charge < -0.3 is 14.6 Å². The fourth-order valence-corrected chi connectivity index (χ4v) is 2.66. The molecule has 1 aromatic heterocycles. The van der Waals surface area contributed by atoms with Crippen molar-refractivity contribution in [3.05, 3.63) is 47.3 Å². The van der Waals surface area contributed by atoms with Crippen molar-refractivity contribution in [3.8, 4) is 5.75 Å². The number of aryl methyl sites for hydroxylation is 1. The van der Waals surface area contributed by atoms with E-state index < -0.39 is 24.1 Å². The molecule has 1 saturated heterocycles. The molecule has 1 aliphatic heterocycles. The van der Waals surface area contributed by atoms with Crippen molar-refractivity contribution in [1.82, 2.24) is 15.4 Å². The zero-order valence-corrected chi connectivity index (χ0v) is 13.5. The molecule has 0 aliphatic carbocycles. The first kappa shape index (κ1) is 16.9. The standard InChI is InChI=1S/C16H15F2N3O4/c1-9-7-11(20-25-9)8-21-13(22)16(2,19-15(21)23)10-3-5-12(6-4-10)24-14(17)18/h3-7,14H,8H2,1-2H3,(H,19,23). The largest absolute Gasteiger partial charge is 0.435 e. The second kappa shape index (κ2) is 6.15. The van der Waals surface area contributed by atoms with E-state index >= 15 is 0 Å². The molecule has 132 valence electrons. The Balaban J connectivity index is 1.81. The third kappa shape index (κ3) is 3.17. The molecule has 3 amide bonds. The van der Waals surface area contributed by atoms with Crippen LogP contribution in [0.2, 0.25) is 0 Å². The van der Waals surface area contributed by atoms with E-state index in [1.54, 1.807) is 19.9 Å². The molecule has 1 atom stereocenters. The number of alkyl halides is 2. The number of nitrogens with one attached hydrogen (secondary N) is 1. The first-order chi connectivity index (χ1) is 11.8. The summed E-state index contributed by atoms with van der Waals surface area (Å²) >= 11 is 0. The zero-order chi connectivity index (χ0) is 18.2. The summed E-state index contributed by atoms with van der Waals surface area (Å²) in [7, 11) is 0. The Morgan fingerprint density at radius 3 is 2.56 bits per heavy atom. The number of amides is 3. The maximum atomic E-state index is 12.7. The SMILES string of the molecule is Cc1cc(CN2C(=O)NC(C)(c3ccc(OC(F)F)cc3)C2=O)no1. The van der Waals surface area contributed by atoms with Gasteiger partial charge in [-0.2, -0.15) is 8.78 Å². The van der Waals surface area contributed by atoms with Crippen molar-refractivity contribution in [3.63, 3.8) is 0 Å². The number of ether oxygens (including phenoxy) is 1. The number of imide groups is 1. The van der Waals surface area contributed by atoms with Crippen molar-refractivity contribution in [1.29, 1.82) is 0 Å². The predicted molar refractivity (Wildman–Crippen MR) is 80.7 cm³/mol. The van der Waals surface area contributed by atoms with Gasteiger partial charge in [0.15, 0.2) is 0 Å². The summed E-state index contributed by atoms with van der Waals surface area (Å²) < 4.78 is 33.6. The number of hydrogen-bond acceptors (Lipinski definition) is 5. The van der Waals surface area contributed by atoms with Crippen LogP contribution >= 0.6 is 0 Å². The molecule has 2 heterocycles. The minimum atomic E-state index is -2.93. The number of nitrogens with zero attached hydrogens (tertiary/aromatic N) is 2. The quantitative estimate of drug-likeness (QED) is 0.837. The van der Waals surface area contributed by atoms with E-state index in [1.165, 1.54) is 24.3 Å². The maximum absolute atomic E-state index is 12.7. The first-order valence-electron chi connectivity index (χ1n) is 7.41. The number of aromatic nitrogens is 1. The molecular weight excluding hydrogens is 336 g/mol. The van der Waals surface area contributed by atoms with E-state index in [-0.39, 0.29) is 12.3 Å². The molecule has 0 spiro atoms. The molecule has 3 rings (SSSR count). The minimum Gasteiger partial charge on any atom is -0.435 e. The van der Waals surface area contributed by atoms with Gasteiger partial charge in [-0.05, 0) is 31.5 Å². The van der Waals surface area contributed by atoms with Crippen LogP contribution in [0.4, 0.5) is 13.6 Å². The molecule has 1 fully saturated rings. The van der Waals surface area contributed by atoms with E-state index in [0.717, 1.165) is 4.90 Å². The number of halogens is 2. The van der Waals surface area contributed by atoms with Gasteiger partial charge in [-0.3, -0.25) is 9.69 Å². The molecule has 2 aromatic rings. The van der Waals surface area contributed by atoms with Gasteiger partial charge >= 0.3 is 12.6 Å². The molecule has 1 aliphatic rings. The highest BCUT2D eigenvalue weighted by Crippen LogP contribution is 2.31. The van der Waals surface area contributed by atoms with Crippen LogP contribution in [-0.4, -0.2) is 28.6 Å². The van der Waals surface area contributed by atoms with Gasteiger partial charge in [-0.25, -0.2) is 4.79 Å². The van der Waals surface area contributed by atoms with Crippen molar-refractivity contribution >= 4 is 11.9 Å². The lowest BCUT2D eigenvalue weighted by molar-refractivity contribution is -0.131. The number of carbonyl (C=O) groups is 2. The number of hydrogen-bond donors (Lipinski definition) is 1. The van der Waals surface area contributed by atoms with E-state index in [1.807, 2.05) is 0 Å². The molecular formula is C16H15F2N3O4. The van der Waals surface area contributed by atoms with E-state index in [4.69, 9.17) is 4.52 Å². The molecule has 7 nitrogen and oxygen atoms in total. The summed E-state index contributed by atoms with van der Waals surface area (Å²) in [4.78, 5) is 26.0. The molecule has 9 heteroatoms. The van der Waals surface area contributed by atoms with Crippen molar-refractivity contribution in [2.75, 3.05) is 0 Å². The Bertz CT molecular complexity index is 806. The number of rotatable bonds is 5. The highest BCUT2D eigenvalue weighted by atomic mass is 19.3. The summed E-state index contributed by atoms with van der Waals surface area (Å²) in [5, 5.41) is 6.40. The summed E-state index contributed by atoms with van der Waals surface area (Å²) in [5.74, 6) is 0.0640. The first-order valence-corrected chi connectivity index (χ1v) is 7.41. The van der Waals surface area contributed by atoms with Crippen LogP contribution in [-0.2, 0) is 16.9 Å². The summed E-state index contributed by atoms with van der Waals surface area (Å²) in [6, 6.07) is 6.61. The Labute approximate surface area is 141 Å². The van der Waals surface area contributed by atoms with Gasteiger partial charge in [0, 0.05) is 6.07 Å². The lowest BCUT2D eigenvalue weighted by Gasteiger charge is -2.22. The minimum absolute atomic E-state index is 0.0236. The average Bonchev–Trinajstić information content (AvgIpc) is 3.05. The normalized spacial score (nSPS) is 20.3. The number of urea groups is 1. The average molecular weight is 351 g/mol. The third-order valence-corrected chi connectivity index (χ3v) is 3.93. The third-order valence-electron chi connectivity index (χ3n) is 3.93. The van der Waals surface area contributed by atoms with Gasteiger partial charge in [0.05, 0.1) is 6.54 Å². The predicted octanol–water partition coefficient (Wildman–Crippen LogP) is 2.55. The summed E-state index contributed by atoms with van der Waals surface area (Å²) in [5.41, 5.74) is -0.406. The molecule has 25 heavy (non-hydrogen) atoms. The van der Waals surface area contributed by atoms with Gasteiger partial charge in [-0.1, -0.05) is 17.3 Å². The second-order valence-electron chi connectivity index (χ2n) is 5.78.